The Bertz CT molecular complexity index is 625. The number of hydrogen-bond acceptors (Lipinski definition) is 5. The Morgan fingerprint density at radius 3 is 2.62 bits per heavy atom. The van der Waals surface area contributed by atoms with Crippen molar-refractivity contribution in [1.29, 1.82) is 0 Å². The lowest BCUT2D eigenvalue weighted by molar-refractivity contribution is -0.134. The Kier molecular flexibility index (Phi) is 5.08. The lowest BCUT2D eigenvalue weighted by atomic mass is 10.1. The van der Waals surface area contributed by atoms with E-state index >= 15 is 0 Å². The van der Waals surface area contributed by atoms with Crippen LogP contribution in [0.5, 0.6) is 5.75 Å². The van der Waals surface area contributed by atoms with E-state index in [1.807, 2.05) is 0 Å². The first kappa shape index (κ1) is 16.1. The van der Waals surface area contributed by atoms with E-state index in [9.17, 15) is 13.2 Å². The maximum absolute atomic E-state index is 12.1. The van der Waals surface area contributed by atoms with Gasteiger partial charge in [-0.25, -0.2) is 8.42 Å². The molecule has 0 radical (unpaired) electrons. The predicted molar refractivity (Wildman–Crippen MR) is 77.1 cm³/mol. The van der Waals surface area contributed by atoms with Gasteiger partial charge in [-0.3, -0.25) is 4.79 Å². The van der Waals surface area contributed by atoms with Gasteiger partial charge in [0.05, 0.1) is 26.7 Å². The first-order valence-corrected chi connectivity index (χ1v) is 8.70. The summed E-state index contributed by atoms with van der Waals surface area (Å²) in [5.74, 6) is 0.0916. The maximum Gasteiger partial charge on any atom is 0.264 e. The summed E-state index contributed by atoms with van der Waals surface area (Å²) in [6.45, 7) is 2.15. The number of rotatable bonds is 4. The molecule has 8 heteroatoms. The van der Waals surface area contributed by atoms with E-state index in [2.05, 4.69) is 0 Å². The SMILES string of the molecule is COc1ccc(CC(=O)N2CCOCC2)cc1S(=O)(=O)Cl. The number of halogens is 1. The Hall–Kier alpha value is -1.31. The summed E-state index contributed by atoms with van der Waals surface area (Å²) in [4.78, 5) is 13.7. The van der Waals surface area contributed by atoms with Gasteiger partial charge in [0.2, 0.25) is 5.91 Å². The molecule has 1 aliphatic rings. The summed E-state index contributed by atoms with van der Waals surface area (Å²) >= 11 is 0. The van der Waals surface area contributed by atoms with Crippen LogP contribution in [0.2, 0.25) is 0 Å². The maximum atomic E-state index is 12.1. The lowest BCUT2D eigenvalue weighted by Crippen LogP contribution is -2.41. The molecule has 0 unspecified atom stereocenters. The first-order chi connectivity index (χ1) is 9.91. The number of carbonyl (C=O) groups excluding carboxylic acids is 1. The van der Waals surface area contributed by atoms with Gasteiger partial charge in [-0.1, -0.05) is 6.07 Å². The van der Waals surface area contributed by atoms with Crippen molar-refractivity contribution in [3.05, 3.63) is 23.8 Å². The number of carbonyl (C=O) groups is 1. The summed E-state index contributed by atoms with van der Waals surface area (Å²) < 4.78 is 33.2. The van der Waals surface area contributed by atoms with Crippen LogP contribution in [-0.2, 0) is 25.0 Å². The number of morpholine rings is 1. The van der Waals surface area contributed by atoms with Crippen LogP contribution in [-0.4, -0.2) is 52.6 Å². The van der Waals surface area contributed by atoms with Crippen LogP contribution in [0.4, 0.5) is 0 Å². The fourth-order valence-corrected chi connectivity index (χ4v) is 3.17. The largest absolute Gasteiger partial charge is 0.495 e. The molecular formula is C13H16ClNO5S. The van der Waals surface area contributed by atoms with E-state index < -0.39 is 9.05 Å². The van der Waals surface area contributed by atoms with Crippen molar-refractivity contribution in [3.8, 4) is 5.75 Å². The van der Waals surface area contributed by atoms with E-state index in [1.54, 1.807) is 11.0 Å². The molecule has 0 spiro atoms. The van der Waals surface area contributed by atoms with Crippen molar-refractivity contribution in [3.63, 3.8) is 0 Å². The van der Waals surface area contributed by atoms with Crippen LogP contribution >= 0.6 is 10.7 Å². The van der Waals surface area contributed by atoms with Gasteiger partial charge >= 0.3 is 0 Å². The number of hydrogen-bond donors (Lipinski definition) is 0. The minimum atomic E-state index is -3.93. The molecular weight excluding hydrogens is 318 g/mol. The van der Waals surface area contributed by atoms with Gasteiger partial charge in [0.25, 0.3) is 9.05 Å². The van der Waals surface area contributed by atoms with Crippen molar-refractivity contribution in [2.75, 3.05) is 33.4 Å². The zero-order valence-corrected chi connectivity index (χ0v) is 13.1. The monoisotopic (exact) mass is 333 g/mol. The summed E-state index contributed by atoms with van der Waals surface area (Å²) in [5, 5.41) is 0. The zero-order chi connectivity index (χ0) is 15.5. The standard InChI is InChI=1S/C13H16ClNO5S/c1-19-11-3-2-10(8-12(11)21(14,17)18)9-13(16)15-4-6-20-7-5-15/h2-3,8H,4-7,9H2,1H3. The van der Waals surface area contributed by atoms with Crippen molar-refractivity contribution < 1.29 is 22.7 Å². The molecule has 0 N–H and O–H groups in total. The molecule has 0 saturated carbocycles. The van der Waals surface area contributed by atoms with Crippen LogP contribution in [0, 0.1) is 0 Å². The second-order valence-corrected chi connectivity index (χ2v) is 7.13. The van der Waals surface area contributed by atoms with Crippen molar-refractivity contribution >= 4 is 25.6 Å². The van der Waals surface area contributed by atoms with Crippen molar-refractivity contribution in [2.45, 2.75) is 11.3 Å². The quantitative estimate of drug-likeness (QED) is 0.769. The molecule has 21 heavy (non-hydrogen) atoms. The van der Waals surface area contributed by atoms with Crippen LogP contribution < -0.4 is 4.74 Å². The van der Waals surface area contributed by atoms with Crippen LogP contribution in [0.3, 0.4) is 0 Å². The number of amides is 1. The minimum Gasteiger partial charge on any atom is -0.495 e. The Morgan fingerprint density at radius 1 is 1.38 bits per heavy atom. The van der Waals surface area contributed by atoms with E-state index in [0.29, 0.717) is 31.9 Å². The Labute approximate surface area is 128 Å². The molecule has 0 bridgehead atoms. The lowest BCUT2D eigenvalue weighted by Gasteiger charge is -2.27. The zero-order valence-electron chi connectivity index (χ0n) is 11.5. The normalized spacial score (nSPS) is 15.8. The highest BCUT2D eigenvalue weighted by Crippen LogP contribution is 2.28. The smallest absolute Gasteiger partial charge is 0.264 e. The highest BCUT2D eigenvalue weighted by atomic mass is 35.7. The molecule has 116 valence electrons. The predicted octanol–water partition coefficient (Wildman–Crippen LogP) is 1.02. The van der Waals surface area contributed by atoms with Gasteiger partial charge < -0.3 is 14.4 Å². The van der Waals surface area contributed by atoms with Crippen LogP contribution in [0.25, 0.3) is 0 Å². The molecule has 1 aliphatic heterocycles. The van der Waals surface area contributed by atoms with E-state index in [0.717, 1.165) is 0 Å². The van der Waals surface area contributed by atoms with Gasteiger partial charge in [-0.2, -0.15) is 0 Å². The second kappa shape index (κ2) is 6.64. The topological polar surface area (TPSA) is 72.9 Å². The number of benzene rings is 1. The molecule has 0 aliphatic carbocycles. The van der Waals surface area contributed by atoms with Crippen LogP contribution in [0.15, 0.2) is 23.1 Å². The molecule has 1 saturated heterocycles. The van der Waals surface area contributed by atoms with Gasteiger partial charge in [0.15, 0.2) is 0 Å². The van der Waals surface area contributed by atoms with E-state index in [1.165, 1.54) is 19.2 Å². The second-order valence-electron chi connectivity index (χ2n) is 4.59. The van der Waals surface area contributed by atoms with Gasteiger partial charge in [0, 0.05) is 23.8 Å². The number of nitrogens with zero attached hydrogens (tertiary/aromatic N) is 1. The third-order valence-corrected chi connectivity index (χ3v) is 4.55. The average molecular weight is 334 g/mol. The molecule has 0 aromatic heterocycles. The third kappa shape index (κ3) is 4.09. The van der Waals surface area contributed by atoms with E-state index in [-0.39, 0.29) is 23.0 Å². The third-order valence-electron chi connectivity index (χ3n) is 3.21. The van der Waals surface area contributed by atoms with Gasteiger partial charge in [0.1, 0.15) is 10.6 Å². The average Bonchev–Trinajstić information content (AvgIpc) is 2.47. The molecule has 1 aromatic carbocycles. The number of ether oxygens (including phenoxy) is 2. The molecule has 1 heterocycles. The fraction of sp³-hybridized carbons (Fsp3) is 0.462. The Balaban J connectivity index is 2.19. The van der Waals surface area contributed by atoms with Crippen LogP contribution in [0.1, 0.15) is 5.56 Å². The van der Waals surface area contributed by atoms with Crippen molar-refractivity contribution in [2.24, 2.45) is 0 Å². The van der Waals surface area contributed by atoms with Crippen molar-refractivity contribution in [1.82, 2.24) is 4.90 Å². The first-order valence-electron chi connectivity index (χ1n) is 6.39. The molecule has 2 rings (SSSR count). The summed E-state index contributed by atoms with van der Waals surface area (Å²) in [6.07, 6.45) is 0.114. The highest BCUT2D eigenvalue weighted by Gasteiger charge is 2.20. The molecule has 1 aromatic rings. The minimum absolute atomic E-state index is 0.0682. The Morgan fingerprint density at radius 2 is 2.05 bits per heavy atom. The molecule has 0 atom stereocenters. The summed E-state index contributed by atoms with van der Waals surface area (Å²) in [7, 11) is 2.81. The van der Waals surface area contributed by atoms with Gasteiger partial charge in [-0.15, -0.1) is 0 Å². The highest BCUT2D eigenvalue weighted by molar-refractivity contribution is 8.13. The molecule has 6 nitrogen and oxygen atoms in total. The molecule has 1 amide bonds. The summed E-state index contributed by atoms with van der Waals surface area (Å²) in [5.41, 5.74) is 0.575. The van der Waals surface area contributed by atoms with E-state index in [4.69, 9.17) is 20.2 Å². The molecule has 1 fully saturated rings. The number of methoxy groups -OCH3 is 1. The van der Waals surface area contributed by atoms with Gasteiger partial charge in [-0.05, 0) is 17.7 Å². The fourth-order valence-electron chi connectivity index (χ4n) is 2.12. The summed E-state index contributed by atoms with van der Waals surface area (Å²) in [6, 6.07) is 4.53.